The summed E-state index contributed by atoms with van der Waals surface area (Å²) in [6, 6.07) is 8.18. The Hall–Kier alpha value is -2.47. The number of rotatable bonds is 7. The van der Waals surface area contributed by atoms with Crippen molar-refractivity contribution in [1.82, 2.24) is 8.87 Å². The number of hydrogen-bond donors (Lipinski definition) is 0. The number of thiazole rings is 1. The number of aromatic nitrogens is 1. The third kappa shape index (κ3) is 4.77. The van der Waals surface area contributed by atoms with Gasteiger partial charge >= 0.3 is 0 Å². The van der Waals surface area contributed by atoms with Gasteiger partial charge in [-0.2, -0.15) is 9.30 Å². The summed E-state index contributed by atoms with van der Waals surface area (Å²) >= 11 is 1.16. The number of benzene rings is 2. The second kappa shape index (κ2) is 9.80. The van der Waals surface area contributed by atoms with Crippen molar-refractivity contribution in [1.29, 1.82) is 0 Å². The minimum atomic E-state index is -4.00. The zero-order valence-electron chi connectivity index (χ0n) is 17.9. The van der Waals surface area contributed by atoms with Crippen LogP contribution in [0.2, 0.25) is 0 Å². The van der Waals surface area contributed by atoms with E-state index >= 15 is 0 Å². The molecule has 176 valence electrons. The highest BCUT2D eigenvalue weighted by Gasteiger charge is 2.39. The van der Waals surface area contributed by atoms with Gasteiger partial charge in [0.15, 0.2) is 4.80 Å². The topological polar surface area (TPSA) is 81.0 Å². The molecule has 11 heteroatoms. The lowest BCUT2D eigenvalue weighted by molar-refractivity contribution is -0.121. The average molecular weight is 496 g/mol. The molecular weight excluding hydrogens is 472 g/mol. The minimum Gasteiger partial charge on any atom is -0.380 e. The number of carbonyl (C=O) groups excluding carboxylic acids is 1. The van der Waals surface area contributed by atoms with E-state index in [0.717, 1.165) is 27.8 Å². The van der Waals surface area contributed by atoms with Gasteiger partial charge in [-0.05, 0) is 56.2 Å². The van der Waals surface area contributed by atoms with Crippen molar-refractivity contribution < 1.29 is 26.7 Å². The third-order valence-electron chi connectivity index (χ3n) is 5.43. The van der Waals surface area contributed by atoms with Crippen LogP contribution in [0, 0.1) is 11.6 Å². The molecule has 1 fully saturated rings. The summed E-state index contributed by atoms with van der Waals surface area (Å²) in [7, 11) is -4.00. The molecule has 0 saturated carbocycles. The molecule has 0 N–H and O–H groups in total. The summed E-state index contributed by atoms with van der Waals surface area (Å²) < 4.78 is 62.7. The molecule has 4 rings (SSSR count). The fraction of sp³-hybridized carbons (Fsp3) is 0.364. The SMILES string of the molecule is CCOCCn1c(=NC(=O)C2CCCN2S(=O)(=O)c2ccc(F)cc2)sc2cccc(F)c21. The quantitative estimate of drug-likeness (QED) is 0.471. The number of carbonyl (C=O) groups is 1. The monoisotopic (exact) mass is 495 g/mol. The van der Waals surface area contributed by atoms with Crippen LogP contribution in [0.25, 0.3) is 10.2 Å². The highest BCUT2D eigenvalue weighted by Crippen LogP contribution is 2.27. The van der Waals surface area contributed by atoms with Crippen molar-refractivity contribution in [2.75, 3.05) is 19.8 Å². The highest BCUT2D eigenvalue weighted by atomic mass is 32.2. The zero-order chi connectivity index (χ0) is 23.6. The smallest absolute Gasteiger partial charge is 0.266 e. The van der Waals surface area contributed by atoms with Gasteiger partial charge < -0.3 is 9.30 Å². The molecule has 1 atom stereocenters. The van der Waals surface area contributed by atoms with E-state index in [0.29, 0.717) is 42.8 Å². The molecule has 0 bridgehead atoms. The number of ether oxygens (including phenoxy) is 1. The van der Waals surface area contributed by atoms with Crippen LogP contribution in [0.4, 0.5) is 8.78 Å². The lowest BCUT2D eigenvalue weighted by Crippen LogP contribution is -2.40. The normalized spacial score (nSPS) is 17.8. The van der Waals surface area contributed by atoms with Crippen LogP contribution in [-0.4, -0.2) is 49.0 Å². The standard InChI is InChI=1S/C22H23F2N3O4S2/c1-2-31-14-13-26-20-17(24)5-3-7-19(20)32-22(26)25-21(28)18-6-4-12-27(18)33(29,30)16-10-8-15(23)9-11-16/h3,5,7-11,18H,2,4,6,12-14H2,1H3. The van der Waals surface area contributed by atoms with E-state index in [1.165, 1.54) is 18.2 Å². The van der Waals surface area contributed by atoms with Crippen LogP contribution in [-0.2, 0) is 26.1 Å². The van der Waals surface area contributed by atoms with Gasteiger partial charge in [-0.15, -0.1) is 0 Å². The number of sulfonamides is 1. The first-order valence-corrected chi connectivity index (χ1v) is 12.8. The van der Waals surface area contributed by atoms with Gasteiger partial charge in [0, 0.05) is 19.7 Å². The van der Waals surface area contributed by atoms with Crippen LogP contribution >= 0.6 is 11.3 Å². The second-order valence-corrected chi connectivity index (χ2v) is 10.4. The Balaban J connectivity index is 1.70. The summed E-state index contributed by atoms with van der Waals surface area (Å²) in [5.74, 6) is -1.60. The van der Waals surface area contributed by atoms with Gasteiger partial charge in [-0.3, -0.25) is 4.79 Å². The molecule has 1 saturated heterocycles. The first kappa shape index (κ1) is 23.7. The minimum absolute atomic E-state index is 0.0840. The Morgan fingerprint density at radius 1 is 1.21 bits per heavy atom. The lowest BCUT2D eigenvalue weighted by atomic mass is 10.2. The summed E-state index contributed by atoms with van der Waals surface area (Å²) in [5, 5.41) is 0. The predicted molar refractivity (Wildman–Crippen MR) is 120 cm³/mol. The van der Waals surface area contributed by atoms with Crippen LogP contribution in [0.5, 0.6) is 0 Å². The summed E-state index contributed by atoms with van der Waals surface area (Å²) in [4.78, 5) is 17.6. The maximum absolute atomic E-state index is 14.5. The Morgan fingerprint density at radius 2 is 1.97 bits per heavy atom. The van der Waals surface area contributed by atoms with Crippen molar-refractivity contribution >= 4 is 37.5 Å². The molecule has 2 aromatic carbocycles. The number of fused-ring (bicyclic) bond motifs is 1. The summed E-state index contributed by atoms with van der Waals surface area (Å²) in [6.45, 7) is 3.11. The molecule has 1 aliphatic rings. The zero-order valence-corrected chi connectivity index (χ0v) is 19.5. The van der Waals surface area contributed by atoms with E-state index in [4.69, 9.17) is 4.74 Å². The Kier molecular flexibility index (Phi) is 7.03. The first-order valence-electron chi connectivity index (χ1n) is 10.5. The lowest BCUT2D eigenvalue weighted by Gasteiger charge is -2.21. The van der Waals surface area contributed by atoms with Gasteiger partial charge in [0.1, 0.15) is 17.7 Å². The largest absolute Gasteiger partial charge is 0.380 e. The maximum Gasteiger partial charge on any atom is 0.266 e. The van der Waals surface area contributed by atoms with Crippen molar-refractivity contribution in [3.05, 3.63) is 58.9 Å². The van der Waals surface area contributed by atoms with E-state index in [-0.39, 0.29) is 16.2 Å². The van der Waals surface area contributed by atoms with Crippen molar-refractivity contribution in [2.45, 2.75) is 37.2 Å². The number of nitrogens with zero attached hydrogens (tertiary/aromatic N) is 3. The number of para-hydroxylation sites is 1. The average Bonchev–Trinajstić information content (AvgIpc) is 3.41. The predicted octanol–water partition coefficient (Wildman–Crippen LogP) is 3.30. The van der Waals surface area contributed by atoms with E-state index < -0.39 is 33.6 Å². The molecule has 0 spiro atoms. The van der Waals surface area contributed by atoms with E-state index in [2.05, 4.69) is 4.99 Å². The highest BCUT2D eigenvalue weighted by molar-refractivity contribution is 7.89. The summed E-state index contributed by atoms with van der Waals surface area (Å²) in [6.07, 6.45) is 0.818. The molecule has 0 aliphatic carbocycles. The van der Waals surface area contributed by atoms with Crippen molar-refractivity contribution in [3.63, 3.8) is 0 Å². The van der Waals surface area contributed by atoms with E-state index in [1.54, 1.807) is 16.7 Å². The number of hydrogen-bond acceptors (Lipinski definition) is 5. The molecule has 3 aromatic rings. The molecule has 1 aromatic heterocycles. The number of amides is 1. The molecule has 1 amide bonds. The van der Waals surface area contributed by atoms with Crippen LogP contribution in [0.15, 0.2) is 52.4 Å². The fourth-order valence-corrected chi connectivity index (χ4v) is 6.59. The Bertz CT molecular complexity index is 1330. The molecule has 1 aliphatic heterocycles. The summed E-state index contributed by atoms with van der Waals surface area (Å²) in [5.41, 5.74) is 0.330. The molecule has 1 unspecified atom stereocenters. The first-order chi connectivity index (χ1) is 15.8. The fourth-order valence-electron chi connectivity index (χ4n) is 3.87. The molecule has 7 nitrogen and oxygen atoms in total. The molecule has 33 heavy (non-hydrogen) atoms. The van der Waals surface area contributed by atoms with Gasteiger partial charge in [-0.1, -0.05) is 17.4 Å². The number of halogens is 2. The van der Waals surface area contributed by atoms with Crippen LogP contribution in [0.1, 0.15) is 19.8 Å². The molecule has 0 radical (unpaired) electrons. The van der Waals surface area contributed by atoms with Gasteiger partial charge in [0.2, 0.25) is 10.0 Å². The second-order valence-electron chi connectivity index (χ2n) is 7.50. The van der Waals surface area contributed by atoms with Gasteiger partial charge in [0.05, 0.1) is 21.7 Å². The Morgan fingerprint density at radius 3 is 2.70 bits per heavy atom. The van der Waals surface area contributed by atoms with E-state index in [9.17, 15) is 22.0 Å². The van der Waals surface area contributed by atoms with Gasteiger partial charge in [0.25, 0.3) is 5.91 Å². The molecular formula is C22H23F2N3O4S2. The van der Waals surface area contributed by atoms with Crippen LogP contribution < -0.4 is 4.80 Å². The molecule has 2 heterocycles. The van der Waals surface area contributed by atoms with Crippen molar-refractivity contribution in [3.8, 4) is 0 Å². The Labute approximate surface area is 194 Å². The van der Waals surface area contributed by atoms with E-state index in [1.807, 2.05) is 6.92 Å². The maximum atomic E-state index is 14.5. The third-order valence-corrected chi connectivity index (χ3v) is 8.40. The van der Waals surface area contributed by atoms with Gasteiger partial charge in [-0.25, -0.2) is 17.2 Å². The van der Waals surface area contributed by atoms with Crippen LogP contribution in [0.3, 0.4) is 0 Å². The van der Waals surface area contributed by atoms with Crippen molar-refractivity contribution in [2.24, 2.45) is 4.99 Å².